The second kappa shape index (κ2) is 9.34. The van der Waals surface area contributed by atoms with Crippen molar-refractivity contribution in [1.29, 1.82) is 0 Å². The van der Waals surface area contributed by atoms with E-state index in [9.17, 15) is 4.57 Å². The van der Waals surface area contributed by atoms with Crippen molar-refractivity contribution in [2.45, 2.75) is 31.9 Å². The summed E-state index contributed by atoms with van der Waals surface area (Å²) in [5.41, 5.74) is 2.33. The molecular formula is C25H28N5O8P. The van der Waals surface area contributed by atoms with Gasteiger partial charge in [-0.15, -0.1) is 4.67 Å². The van der Waals surface area contributed by atoms with E-state index in [0.29, 0.717) is 61.6 Å². The van der Waals surface area contributed by atoms with Crippen LogP contribution in [0.4, 0.5) is 11.8 Å². The minimum Gasteiger partial charge on any atom is -0.496 e. The number of aromatic nitrogens is 3. The number of fused-ring (bicyclic) bond motifs is 2. The van der Waals surface area contributed by atoms with Crippen molar-refractivity contribution in [2.75, 3.05) is 56.4 Å². The van der Waals surface area contributed by atoms with Crippen LogP contribution in [-0.4, -0.2) is 73.7 Å². The fraction of sp³-hybridized carbons (Fsp3) is 0.480. The highest BCUT2D eigenvalue weighted by Crippen LogP contribution is 2.76. The molecule has 5 aliphatic rings. The van der Waals surface area contributed by atoms with Gasteiger partial charge in [0.1, 0.15) is 11.6 Å². The summed E-state index contributed by atoms with van der Waals surface area (Å²) in [6.45, 7) is 8.12. The van der Waals surface area contributed by atoms with Gasteiger partial charge in [0.25, 0.3) is 0 Å². The van der Waals surface area contributed by atoms with E-state index in [-0.39, 0.29) is 12.1 Å². The van der Waals surface area contributed by atoms with E-state index >= 15 is 0 Å². The predicted octanol–water partition coefficient (Wildman–Crippen LogP) is 3.38. The van der Waals surface area contributed by atoms with E-state index in [1.54, 1.807) is 12.1 Å². The fourth-order valence-corrected chi connectivity index (χ4v) is 6.37. The summed E-state index contributed by atoms with van der Waals surface area (Å²) >= 11 is 0. The molecule has 0 radical (unpaired) electrons. The van der Waals surface area contributed by atoms with E-state index in [1.807, 2.05) is 18.2 Å². The minimum atomic E-state index is -3.67. The van der Waals surface area contributed by atoms with Gasteiger partial charge >= 0.3 is 13.8 Å². The van der Waals surface area contributed by atoms with Crippen LogP contribution in [0.3, 0.4) is 0 Å². The molecule has 2 atom stereocenters. The number of hydrogen-bond acceptors (Lipinski definition) is 13. The first-order valence-corrected chi connectivity index (χ1v) is 14.3. The normalized spacial score (nSPS) is 30.4. The number of ether oxygens (including phenoxy) is 3. The lowest BCUT2D eigenvalue weighted by atomic mass is 10.0. The predicted molar refractivity (Wildman–Crippen MR) is 138 cm³/mol. The van der Waals surface area contributed by atoms with Crippen LogP contribution in [0.5, 0.6) is 5.75 Å². The molecule has 39 heavy (non-hydrogen) atoms. The van der Waals surface area contributed by atoms with E-state index in [0.717, 1.165) is 23.3 Å². The second-order valence-electron chi connectivity index (χ2n) is 9.91. The van der Waals surface area contributed by atoms with Gasteiger partial charge in [-0.3, -0.25) is 0 Å². The quantitative estimate of drug-likeness (QED) is 0.336. The minimum absolute atomic E-state index is 0.129. The number of phosphoric ester groups is 1. The Hall–Kier alpha value is -2.90. The number of rotatable bonds is 5. The monoisotopic (exact) mass is 557 g/mol. The number of phosphoric acid groups is 1. The van der Waals surface area contributed by atoms with Gasteiger partial charge in [0.2, 0.25) is 5.95 Å². The molecule has 2 aromatic heterocycles. The Morgan fingerprint density at radius 3 is 2.38 bits per heavy atom. The zero-order valence-corrected chi connectivity index (χ0v) is 22.6. The number of pyridine rings is 1. The number of anilines is 2. The van der Waals surface area contributed by atoms with Crippen LogP contribution in [0.25, 0.3) is 22.3 Å². The smallest absolute Gasteiger partial charge is 0.496 e. The van der Waals surface area contributed by atoms with Crippen molar-refractivity contribution in [1.82, 2.24) is 15.0 Å². The summed E-state index contributed by atoms with van der Waals surface area (Å²) < 4.78 is 44.2. The number of morpholine rings is 2. The summed E-state index contributed by atoms with van der Waals surface area (Å²) in [6.07, 6.45) is 0. The zero-order valence-electron chi connectivity index (χ0n) is 21.7. The van der Waals surface area contributed by atoms with Gasteiger partial charge in [-0.1, -0.05) is 0 Å². The van der Waals surface area contributed by atoms with Gasteiger partial charge in [-0.2, -0.15) is 14.9 Å². The molecule has 0 aliphatic carbocycles. The molecule has 5 saturated heterocycles. The fourth-order valence-electron chi connectivity index (χ4n) is 5.26. The highest BCUT2D eigenvalue weighted by Gasteiger charge is 2.70. The lowest BCUT2D eigenvalue weighted by molar-refractivity contribution is -0.386. The van der Waals surface area contributed by atoms with Crippen LogP contribution in [0.15, 0.2) is 30.3 Å². The topological polar surface area (TPSA) is 127 Å². The molecule has 8 rings (SSSR count). The third kappa shape index (κ3) is 4.16. The number of hydrogen-bond donors (Lipinski definition) is 0. The van der Waals surface area contributed by atoms with Gasteiger partial charge in [-0.05, 0) is 44.2 Å². The van der Waals surface area contributed by atoms with Crippen molar-refractivity contribution in [3.8, 4) is 17.0 Å². The van der Waals surface area contributed by atoms with Crippen LogP contribution in [-0.2, 0) is 38.6 Å². The summed E-state index contributed by atoms with van der Waals surface area (Å²) in [4.78, 5) is 24.5. The van der Waals surface area contributed by atoms with Crippen molar-refractivity contribution in [3.05, 3.63) is 35.9 Å². The van der Waals surface area contributed by atoms with Crippen LogP contribution >= 0.6 is 7.82 Å². The Morgan fingerprint density at radius 2 is 1.72 bits per heavy atom. The maximum absolute atomic E-state index is 12.0. The number of benzene rings is 1. The van der Waals surface area contributed by atoms with Gasteiger partial charge in [0, 0.05) is 18.7 Å². The lowest BCUT2D eigenvalue weighted by Gasteiger charge is -2.37. The molecule has 2 bridgehead atoms. The molecule has 206 valence electrons. The third-order valence-corrected chi connectivity index (χ3v) is 8.50. The van der Waals surface area contributed by atoms with Crippen LogP contribution in [0.1, 0.15) is 19.4 Å². The lowest BCUT2D eigenvalue weighted by Crippen LogP contribution is -2.46. The molecule has 14 heteroatoms. The molecule has 5 fully saturated rings. The van der Waals surface area contributed by atoms with E-state index < -0.39 is 13.8 Å². The molecule has 0 unspecified atom stereocenters. The highest BCUT2D eigenvalue weighted by atomic mass is 31.2. The molecule has 0 spiro atoms. The van der Waals surface area contributed by atoms with Crippen molar-refractivity contribution in [2.24, 2.45) is 0 Å². The molecule has 0 N–H and O–H groups in total. The average Bonchev–Trinajstić information content (AvgIpc) is 3.47. The second-order valence-corrected chi connectivity index (χ2v) is 11.3. The highest BCUT2D eigenvalue weighted by molar-refractivity contribution is 7.49. The van der Waals surface area contributed by atoms with Crippen molar-refractivity contribution < 1.29 is 37.4 Å². The molecule has 5 aliphatic heterocycles. The molecule has 3 aromatic rings. The maximum atomic E-state index is 12.0. The van der Waals surface area contributed by atoms with Crippen LogP contribution in [0.2, 0.25) is 0 Å². The summed E-state index contributed by atoms with van der Waals surface area (Å²) in [6, 6.07) is 9.54. The van der Waals surface area contributed by atoms with E-state index in [1.165, 1.54) is 7.11 Å². The zero-order chi connectivity index (χ0) is 26.8. The number of methoxy groups -OCH3 is 1. The molecule has 7 heterocycles. The molecule has 13 nitrogen and oxygen atoms in total. The van der Waals surface area contributed by atoms with E-state index in [2.05, 4.69) is 23.6 Å². The summed E-state index contributed by atoms with van der Waals surface area (Å²) in [5.74, 6) is 0.136. The first-order valence-electron chi connectivity index (χ1n) is 12.8. The first kappa shape index (κ1) is 25.1. The average molecular weight is 558 g/mol. The molecule has 0 saturated carbocycles. The molecule has 1 aromatic carbocycles. The van der Waals surface area contributed by atoms with Gasteiger partial charge in [0.15, 0.2) is 5.65 Å². The standard InChI is InChI=1S/C25H28N5O8P/c1-15-13-33-10-8-29(15)23-18-5-6-20(26-22(18)27-24(28-23)30-9-11-34-14-16(30)2)17-4-7-21(32-3)19(12-17)25-35-38-39(31,36-25)37-25/h4-7,12,15-16H,8-11,13-14H2,1-3H3/t15-,16-,25?,39?/m0/s1. The largest absolute Gasteiger partial charge is 0.511 e. The van der Waals surface area contributed by atoms with E-state index in [4.69, 9.17) is 47.8 Å². The maximum Gasteiger partial charge on any atom is 0.511 e. The van der Waals surface area contributed by atoms with Gasteiger partial charge in [0.05, 0.1) is 62.3 Å². The Balaban J connectivity index is 1.34. The number of nitrogens with zero attached hydrogens (tertiary/aromatic N) is 5. The SMILES string of the molecule is COc1ccc(-c2ccc3c(N4CCOC[C@@H]4C)nc(N4CCOC[C@@H]4C)nc3n2)cc1C12OOP(=O)(O1)O2. The Labute approximate surface area is 224 Å². The van der Waals surface area contributed by atoms with Crippen molar-refractivity contribution in [3.63, 3.8) is 0 Å². The van der Waals surface area contributed by atoms with Gasteiger partial charge < -0.3 is 24.0 Å². The van der Waals surface area contributed by atoms with Crippen LogP contribution < -0.4 is 14.5 Å². The molecular weight excluding hydrogens is 529 g/mol. The summed E-state index contributed by atoms with van der Waals surface area (Å²) in [5, 5.41) is 0.851. The van der Waals surface area contributed by atoms with Crippen molar-refractivity contribution >= 4 is 30.6 Å². The Kier molecular flexibility index (Phi) is 6.01. The van der Waals surface area contributed by atoms with Gasteiger partial charge in [-0.25, -0.2) is 18.6 Å². The first-order chi connectivity index (χ1) is 18.9. The van der Waals surface area contributed by atoms with Crippen LogP contribution in [0, 0.1) is 0 Å². The Bertz CT molecular complexity index is 1480. The molecule has 0 amide bonds. The third-order valence-electron chi connectivity index (χ3n) is 7.32. The Morgan fingerprint density at radius 1 is 0.974 bits per heavy atom. The summed E-state index contributed by atoms with van der Waals surface area (Å²) in [7, 11) is -2.16.